The van der Waals surface area contributed by atoms with Gasteiger partial charge in [-0.05, 0) is 132 Å². The lowest BCUT2D eigenvalue weighted by atomic mass is 10.0. The molecule has 4 nitrogen and oxygen atoms in total. The predicted octanol–water partition coefficient (Wildman–Crippen LogP) is 17.5. The van der Waals surface area contributed by atoms with Crippen molar-refractivity contribution in [3.63, 3.8) is 0 Å². The standard InChI is InChI=1S/C60H44F2N4/c1-35(2)37-17-25-41(26-18-37)63(43-29-21-39(61)22-30-43)51-13-7-15-53-57(51)47-11-5-9-45-49-34-56-50(33-55(49)65(53)59(45)47)46-10-6-12-48-58-52(14-8-16-54(58)66(56)60(46)48)64(44-31-23-40(62)24-32-44)42-27-19-38(20-28-42)36(3)4/h5-36H,1-4H3. The SMILES string of the molecule is CC(C)c1ccc(N(c2ccc(F)cc2)c2cccc3c2c2cccc4c5cc6c(cc5n3c42)c2cccc3c4c(N(c5ccc(F)cc5)c5ccc(C(C)C)cc5)cccc4n6c23)cc1. The molecule has 66 heavy (non-hydrogen) atoms. The number of fused-ring (bicyclic) bond motifs is 12. The Morgan fingerprint density at radius 2 is 0.682 bits per heavy atom. The summed E-state index contributed by atoms with van der Waals surface area (Å²) in [4.78, 5) is 4.53. The smallest absolute Gasteiger partial charge is 0.123 e. The van der Waals surface area contributed by atoms with Crippen LogP contribution in [0.1, 0.15) is 50.7 Å². The van der Waals surface area contributed by atoms with Gasteiger partial charge in [-0.25, -0.2) is 8.78 Å². The van der Waals surface area contributed by atoms with Crippen molar-refractivity contribution in [3.8, 4) is 0 Å². The zero-order valence-corrected chi connectivity index (χ0v) is 37.0. The molecule has 0 aliphatic heterocycles. The van der Waals surface area contributed by atoms with Gasteiger partial charge < -0.3 is 18.6 Å². The monoisotopic (exact) mass is 858 g/mol. The largest absolute Gasteiger partial charge is 0.310 e. The molecule has 0 radical (unpaired) electrons. The molecule has 0 unspecified atom stereocenters. The van der Waals surface area contributed by atoms with Gasteiger partial charge in [-0.15, -0.1) is 0 Å². The number of benzene rings is 9. The molecule has 0 fully saturated rings. The lowest BCUT2D eigenvalue weighted by Gasteiger charge is -2.27. The first-order valence-electron chi connectivity index (χ1n) is 22.9. The summed E-state index contributed by atoms with van der Waals surface area (Å²) in [6.07, 6.45) is 0. The van der Waals surface area contributed by atoms with E-state index >= 15 is 0 Å². The summed E-state index contributed by atoms with van der Waals surface area (Å²) in [5.74, 6) is 0.283. The number of hydrogen-bond acceptors (Lipinski definition) is 2. The zero-order valence-electron chi connectivity index (χ0n) is 37.0. The van der Waals surface area contributed by atoms with Crippen LogP contribution >= 0.6 is 0 Å². The van der Waals surface area contributed by atoms with E-state index in [2.05, 4.69) is 180 Å². The Kier molecular flexibility index (Phi) is 8.32. The van der Waals surface area contributed by atoms with Crippen molar-refractivity contribution in [1.29, 1.82) is 0 Å². The van der Waals surface area contributed by atoms with Crippen LogP contribution in [0.4, 0.5) is 42.9 Å². The molecular formula is C60H44F2N4. The maximum absolute atomic E-state index is 14.4. The van der Waals surface area contributed by atoms with Crippen LogP contribution in [0.15, 0.2) is 182 Å². The fourth-order valence-electron chi connectivity index (χ4n) is 10.9. The summed E-state index contributed by atoms with van der Waals surface area (Å²) in [6, 6.07) is 62.5. The molecule has 9 aromatic carbocycles. The molecule has 0 bridgehead atoms. The van der Waals surface area contributed by atoms with Crippen LogP contribution in [0.5, 0.6) is 0 Å². The number of nitrogens with zero attached hydrogens (tertiary/aromatic N) is 4. The van der Waals surface area contributed by atoms with Crippen molar-refractivity contribution in [2.24, 2.45) is 0 Å². The van der Waals surface area contributed by atoms with Gasteiger partial charge in [-0.1, -0.05) is 100 Å². The predicted molar refractivity (Wildman–Crippen MR) is 273 cm³/mol. The van der Waals surface area contributed by atoms with Crippen LogP contribution in [0.2, 0.25) is 0 Å². The molecule has 4 aromatic heterocycles. The number of halogens is 2. The van der Waals surface area contributed by atoms with Gasteiger partial charge in [0.2, 0.25) is 0 Å². The van der Waals surface area contributed by atoms with Crippen molar-refractivity contribution in [1.82, 2.24) is 8.80 Å². The number of aromatic nitrogens is 2. The fourth-order valence-corrected chi connectivity index (χ4v) is 10.9. The van der Waals surface area contributed by atoms with Gasteiger partial charge in [0.1, 0.15) is 11.6 Å². The van der Waals surface area contributed by atoms with Crippen molar-refractivity contribution >= 4 is 110 Å². The highest BCUT2D eigenvalue weighted by molar-refractivity contribution is 6.31. The average Bonchev–Trinajstić information content (AvgIpc) is 4.07. The summed E-state index contributed by atoms with van der Waals surface area (Å²) >= 11 is 0. The minimum Gasteiger partial charge on any atom is -0.310 e. The van der Waals surface area contributed by atoms with E-state index in [1.165, 1.54) is 54.5 Å². The Morgan fingerprint density at radius 3 is 1.05 bits per heavy atom. The number of hydrogen-bond donors (Lipinski definition) is 0. The van der Waals surface area contributed by atoms with E-state index in [0.717, 1.165) is 67.0 Å². The second-order valence-electron chi connectivity index (χ2n) is 18.4. The van der Waals surface area contributed by atoms with E-state index in [9.17, 15) is 8.78 Å². The number of anilines is 6. The summed E-state index contributed by atoms with van der Waals surface area (Å²) < 4.78 is 33.8. The lowest BCUT2D eigenvalue weighted by Crippen LogP contribution is -2.10. The topological polar surface area (TPSA) is 15.3 Å². The molecule has 0 aliphatic carbocycles. The van der Waals surface area contributed by atoms with Crippen molar-refractivity contribution in [3.05, 3.63) is 205 Å². The van der Waals surface area contributed by atoms with E-state index < -0.39 is 0 Å². The summed E-state index contributed by atoms with van der Waals surface area (Å²) in [5, 5.41) is 9.40. The van der Waals surface area contributed by atoms with Crippen molar-refractivity contribution in [2.75, 3.05) is 9.80 Å². The van der Waals surface area contributed by atoms with Crippen LogP contribution < -0.4 is 9.80 Å². The Balaban J connectivity index is 1.06. The Labute approximate surface area is 380 Å². The van der Waals surface area contributed by atoms with Gasteiger partial charge >= 0.3 is 0 Å². The molecule has 0 saturated carbocycles. The fraction of sp³-hybridized carbons (Fsp3) is 0.100. The third-order valence-electron chi connectivity index (χ3n) is 14.0. The van der Waals surface area contributed by atoms with Gasteiger partial charge in [0, 0.05) is 65.8 Å². The minimum absolute atomic E-state index is 0.262. The molecule has 0 saturated heterocycles. The molecule has 6 heteroatoms. The Hall–Kier alpha value is -7.96. The normalized spacial score (nSPS) is 12.4. The van der Waals surface area contributed by atoms with E-state index in [0.29, 0.717) is 11.8 Å². The van der Waals surface area contributed by atoms with Crippen LogP contribution in [0, 0.1) is 11.6 Å². The highest BCUT2D eigenvalue weighted by Crippen LogP contribution is 2.50. The summed E-state index contributed by atoms with van der Waals surface area (Å²) in [5.41, 5.74) is 15.3. The first kappa shape index (κ1) is 38.5. The maximum atomic E-state index is 14.4. The van der Waals surface area contributed by atoms with Crippen LogP contribution in [0.25, 0.3) is 76.2 Å². The van der Waals surface area contributed by atoms with Gasteiger partial charge in [-0.3, -0.25) is 0 Å². The van der Waals surface area contributed by atoms with Crippen molar-refractivity contribution in [2.45, 2.75) is 39.5 Å². The average molecular weight is 859 g/mol. The second kappa shape index (κ2) is 14.3. The van der Waals surface area contributed by atoms with Crippen LogP contribution in [0.3, 0.4) is 0 Å². The van der Waals surface area contributed by atoms with E-state index in [1.807, 2.05) is 24.3 Å². The first-order valence-corrected chi connectivity index (χ1v) is 22.9. The number of para-hydroxylation sites is 2. The highest BCUT2D eigenvalue weighted by atomic mass is 19.1. The molecule has 13 rings (SSSR count). The van der Waals surface area contributed by atoms with E-state index in [1.54, 1.807) is 24.3 Å². The van der Waals surface area contributed by atoms with Gasteiger partial charge in [0.25, 0.3) is 0 Å². The third kappa shape index (κ3) is 5.48. The molecule has 318 valence electrons. The van der Waals surface area contributed by atoms with E-state index in [-0.39, 0.29) is 11.6 Å². The molecule has 13 aromatic rings. The Bertz CT molecular complexity index is 3730. The lowest BCUT2D eigenvalue weighted by molar-refractivity contribution is 0.627. The summed E-state index contributed by atoms with van der Waals surface area (Å²) in [6.45, 7) is 8.84. The highest BCUT2D eigenvalue weighted by Gasteiger charge is 2.27. The first-order chi connectivity index (χ1) is 32.2. The van der Waals surface area contributed by atoms with Crippen LogP contribution in [-0.2, 0) is 0 Å². The van der Waals surface area contributed by atoms with Gasteiger partial charge in [0.05, 0.1) is 44.5 Å². The Morgan fingerprint density at radius 1 is 0.348 bits per heavy atom. The van der Waals surface area contributed by atoms with Gasteiger partial charge in [0.15, 0.2) is 0 Å². The van der Waals surface area contributed by atoms with E-state index in [4.69, 9.17) is 0 Å². The third-order valence-corrected chi connectivity index (χ3v) is 14.0. The molecular weight excluding hydrogens is 815 g/mol. The van der Waals surface area contributed by atoms with Crippen molar-refractivity contribution < 1.29 is 8.78 Å². The second-order valence-corrected chi connectivity index (χ2v) is 18.4. The molecule has 0 atom stereocenters. The van der Waals surface area contributed by atoms with Gasteiger partial charge in [-0.2, -0.15) is 0 Å². The molecule has 0 amide bonds. The molecule has 0 aliphatic rings. The molecule has 4 heterocycles. The summed E-state index contributed by atoms with van der Waals surface area (Å²) in [7, 11) is 0. The quantitative estimate of drug-likeness (QED) is 0.151. The number of rotatable bonds is 8. The molecule has 0 N–H and O–H groups in total. The van der Waals surface area contributed by atoms with Crippen LogP contribution in [-0.4, -0.2) is 8.80 Å². The zero-order chi connectivity index (χ0) is 44.5. The maximum Gasteiger partial charge on any atom is 0.123 e. The molecule has 0 spiro atoms. The minimum atomic E-state index is -0.262.